The van der Waals surface area contributed by atoms with Gasteiger partial charge in [-0.2, -0.15) is 0 Å². The highest BCUT2D eigenvalue weighted by atomic mass is 16.6. The van der Waals surface area contributed by atoms with Gasteiger partial charge in [0.1, 0.15) is 11.4 Å². The van der Waals surface area contributed by atoms with Crippen LogP contribution in [-0.2, 0) is 4.74 Å². The molecule has 1 fully saturated rings. The molecule has 1 heterocycles. The van der Waals surface area contributed by atoms with E-state index in [-0.39, 0.29) is 18.2 Å². The SMILES string of the molecule is COc1ccccc1NC(=O)N[C@H]1CCN(C(=O)OC(C)(C)C)C1. The number of carbonyl (C=O) groups excluding carboxylic acids is 2. The summed E-state index contributed by atoms with van der Waals surface area (Å²) in [6.45, 7) is 6.50. The van der Waals surface area contributed by atoms with Crippen LogP contribution in [0.15, 0.2) is 24.3 Å². The maximum absolute atomic E-state index is 12.1. The van der Waals surface area contributed by atoms with Crippen LogP contribution in [0, 0.1) is 0 Å². The molecule has 0 aliphatic carbocycles. The molecular formula is C17H25N3O4. The van der Waals surface area contributed by atoms with Crippen molar-refractivity contribution in [3.05, 3.63) is 24.3 Å². The van der Waals surface area contributed by atoms with Crippen LogP contribution in [0.5, 0.6) is 5.75 Å². The Morgan fingerprint density at radius 3 is 2.62 bits per heavy atom. The van der Waals surface area contributed by atoms with Gasteiger partial charge in [0.15, 0.2) is 0 Å². The third kappa shape index (κ3) is 5.04. The molecule has 24 heavy (non-hydrogen) atoms. The van der Waals surface area contributed by atoms with E-state index in [2.05, 4.69) is 10.6 Å². The Bertz CT molecular complexity index is 598. The molecule has 2 rings (SSSR count). The Labute approximate surface area is 142 Å². The molecule has 0 radical (unpaired) electrons. The van der Waals surface area contributed by atoms with E-state index < -0.39 is 5.60 Å². The smallest absolute Gasteiger partial charge is 0.410 e. The molecule has 0 bridgehead atoms. The highest BCUT2D eigenvalue weighted by Gasteiger charge is 2.30. The molecule has 1 saturated heterocycles. The number of benzene rings is 1. The second-order valence-electron chi connectivity index (χ2n) is 6.71. The topological polar surface area (TPSA) is 79.9 Å². The highest BCUT2D eigenvalue weighted by molar-refractivity contribution is 5.91. The van der Waals surface area contributed by atoms with Crippen LogP contribution in [0.3, 0.4) is 0 Å². The van der Waals surface area contributed by atoms with Crippen molar-refractivity contribution in [3.63, 3.8) is 0 Å². The maximum Gasteiger partial charge on any atom is 0.410 e. The summed E-state index contributed by atoms with van der Waals surface area (Å²) in [7, 11) is 1.55. The number of hydrogen-bond donors (Lipinski definition) is 2. The lowest BCUT2D eigenvalue weighted by Crippen LogP contribution is -2.41. The molecule has 1 aromatic carbocycles. The van der Waals surface area contributed by atoms with Crippen molar-refractivity contribution in [2.75, 3.05) is 25.5 Å². The van der Waals surface area contributed by atoms with Crippen LogP contribution < -0.4 is 15.4 Å². The number of anilines is 1. The first-order valence-corrected chi connectivity index (χ1v) is 7.97. The van der Waals surface area contributed by atoms with Gasteiger partial charge in [0.05, 0.1) is 12.8 Å². The van der Waals surface area contributed by atoms with Crippen molar-refractivity contribution in [1.82, 2.24) is 10.2 Å². The number of ether oxygens (including phenoxy) is 2. The van der Waals surface area contributed by atoms with Gasteiger partial charge in [0.2, 0.25) is 0 Å². The number of para-hydroxylation sites is 2. The van der Waals surface area contributed by atoms with Crippen molar-refractivity contribution in [3.8, 4) is 5.75 Å². The summed E-state index contributed by atoms with van der Waals surface area (Å²) in [5, 5.41) is 5.63. The third-order valence-electron chi connectivity index (χ3n) is 3.53. The molecule has 0 spiro atoms. The number of amides is 3. The maximum atomic E-state index is 12.1. The first-order chi connectivity index (χ1) is 11.3. The number of carbonyl (C=O) groups is 2. The lowest BCUT2D eigenvalue weighted by atomic mass is 10.2. The Balaban J connectivity index is 1.84. The molecule has 7 nitrogen and oxygen atoms in total. The minimum absolute atomic E-state index is 0.104. The van der Waals surface area contributed by atoms with E-state index in [1.807, 2.05) is 32.9 Å². The summed E-state index contributed by atoms with van der Waals surface area (Å²) in [6.07, 6.45) is 0.343. The van der Waals surface area contributed by atoms with Gasteiger partial charge in [0, 0.05) is 19.1 Å². The molecular weight excluding hydrogens is 310 g/mol. The van der Waals surface area contributed by atoms with Gasteiger partial charge in [-0.05, 0) is 39.3 Å². The number of methoxy groups -OCH3 is 1. The highest BCUT2D eigenvalue weighted by Crippen LogP contribution is 2.23. The lowest BCUT2D eigenvalue weighted by Gasteiger charge is -2.24. The molecule has 7 heteroatoms. The quantitative estimate of drug-likeness (QED) is 0.890. The second kappa shape index (κ2) is 7.42. The van der Waals surface area contributed by atoms with E-state index >= 15 is 0 Å². The van der Waals surface area contributed by atoms with Crippen LogP contribution in [0.1, 0.15) is 27.2 Å². The molecule has 1 aliphatic heterocycles. The zero-order chi connectivity index (χ0) is 17.7. The molecule has 0 aromatic heterocycles. The zero-order valence-corrected chi connectivity index (χ0v) is 14.6. The Morgan fingerprint density at radius 2 is 1.96 bits per heavy atom. The van der Waals surface area contributed by atoms with Gasteiger partial charge in [-0.25, -0.2) is 9.59 Å². The van der Waals surface area contributed by atoms with Gasteiger partial charge in [-0.15, -0.1) is 0 Å². The number of nitrogens with one attached hydrogen (secondary N) is 2. The van der Waals surface area contributed by atoms with E-state index in [0.29, 0.717) is 30.9 Å². The second-order valence-corrected chi connectivity index (χ2v) is 6.71. The van der Waals surface area contributed by atoms with E-state index in [9.17, 15) is 9.59 Å². The Hall–Kier alpha value is -2.44. The van der Waals surface area contributed by atoms with Crippen molar-refractivity contribution in [2.45, 2.75) is 38.8 Å². The summed E-state index contributed by atoms with van der Waals surface area (Å²) >= 11 is 0. The average molecular weight is 335 g/mol. The fourth-order valence-electron chi connectivity index (χ4n) is 2.46. The summed E-state index contributed by atoms with van der Waals surface area (Å²) in [6, 6.07) is 6.76. The van der Waals surface area contributed by atoms with Crippen LogP contribution in [0.25, 0.3) is 0 Å². The van der Waals surface area contributed by atoms with Crippen LogP contribution in [-0.4, -0.2) is 48.9 Å². The standard InChI is InChI=1S/C17H25N3O4/c1-17(2,3)24-16(22)20-10-9-12(11-20)18-15(21)19-13-7-5-6-8-14(13)23-4/h5-8,12H,9-11H2,1-4H3,(H2,18,19,21)/t12-/m0/s1. The minimum Gasteiger partial charge on any atom is -0.495 e. The number of likely N-dealkylation sites (tertiary alicyclic amines) is 1. The molecule has 1 aliphatic rings. The molecule has 3 amide bonds. The van der Waals surface area contributed by atoms with Gasteiger partial charge < -0.3 is 25.0 Å². The molecule has 0 saturated carbocycles. The lowest BCUT2D eigenvalue weighted by molar-refractivity contribution is 0.0291. The summed E-state index contributed by atoms with van der Waals surface area (Å²) in [5.74, 6) is 0.592. The Kier molecular flexibility index (Phi) is 5.54. The summed E-state index contributed by atoms with van der Waals surface area (Å²) in [5.41, 5.74) is 0.0728. The fraction of sp³-hybridized carbons (Fsp3) is 0.529. The fourth-order valence-corrected chi connectivity index (χ4v) is 2.46. The number of urea groups is 1. The first-order valence-electron chi connectivity index (χ1n) is 7.97. The Morgan fingerprint density at radius 1 is 1.25 bits per heavy atom. The molecule has 132 valence electrons. The first kappa shape index (κ1) is 17.9. The normalized spacial score (nSPS) is 17.3. The van der Waals surface area contributed by atoms with Crippen molar-refractivity contribution >= 4 is 17.8 Å². The average Bonchev–Trinajstić information content (AvgIpc) is 2.94. The molecule has 2 N–H and O–H groups in total. The summed E-state index contributed by atoms with van der Waals surface area (Å²) < 4.78 is 10.5. The predicted octanol–water partition coefficient (Wildman–Crippen LogP) is 2.83. The summed E-state index contributed by atoms with van der Waals surface area (Å²) in [4.78, 5) is 25.8. The number of nitrogens with zero attached hydrogens (tertiary/aromatic N) is 1. The van der Waals surface area contributed by atoms with Gasteiger partial charge in [-0.3, -0.25) is 0 Å². The molecule has 1 atom stereocenters. The largest absolute Gasteiger partial charge is 0.495 e. The van der Waals surface area contributed by atoms with Gasteiger partial charge >= 0.3 is 12.1 Å². The predicted molar refractivity (Wildman–Crippen MR) is 91.4 cm³/mol. The minimum atomic E-state index is -0.524. The van der Waals surface area contributed by atoms with Crippen LogP contribution >= 0.6 is 0 Å². The number of hydrogen-bond acceptors (Lipinski definition) is 4. The molecule has 0 unspecified atom stereocenters. The van der Waals surface area contributed by atoms with Crippen molar-refractivity contribution in [1.29, 1.82) is 0 Å². The van der Waals surface area contributed by atoms with Crippen LogP contribution in [0.2, 0.25) is 0 Å². The van der Waals surface area contributed by atoms with Gasteiger partial charge in [0.25, 0.3) is 0 Å². The van der Waals surface area contributed by atoms with Gasteiger partial charge in [-0.1, -0.05) is 12.1 Å². The third-order valence-corrected chi connectivity index (χ3v) is 3.53. The van der Waals surface area contributed by atoms with Crippen LogP contribution in [0.4, 0.5) is 15.3 Å². The van der Waals surface area contributed by atoms with E-state index in [4.69, 9.17) is 9.47 Å². The van der Waals surface area contributed by atoms with E-state index in [0.717, 1.165) is 0 Å². The zero-order valence-electron chi connectivity index (χ0n) is 14.6. The molecule has 1 aromatic rings. The van der Waals surface area contributed by atoms with E-state index in [1.54, 1.807) is 24.1 Å². The number of rotatable bonds is 3. The monoisotopic (exact) mass is 335 g/mol. The van der Waals surface area contributed by atoms with Crippen molar-refractivity contribution in [2.24, 2.45) is 0 Å². The van der Waals surface area contributed by atoms with E-state index in [1.165, 1.54) is 0 Å². The van der Waals surface area contributed by atoms with Crippen molar-refractivity contribution < 1.29 is 19.1 Å².